The van der Waals surface area contributed by atoms with Gasteiger partial charge in [0.15, 0.2) is 0 Å². The molecule has 3 N–H and O–H groups in total. The molecule has 1 saturated heterocycles. The molecule has 1 aliphatic rings. The summed E-state index contributed by atoms with van der Waals surface area (Å²) in [6, 6.07) is 5.11. The van der Waals surface area contributed by atoms with E-state index in [9.17, 15) is 9.59 Å². The average molecular weight is 380 g/mol. The molecule has 2 unspecified atom stereocenters. The highest BCUT2D eigenvalue weighted by Gasteiger charge is 2.27. The number of hydrogen-bond acceptors (Lipinski definition) is 3. The third-order valence-corrected chi connectivity index (χ3v) is 4.99. The Morgan fingerprint density at radius 3 is 2.69 bits per heavy atom. The van der Waals surface area contributed by atoms with Crippen LogP contribution in [0.15, 0.2) is 18.2 Å². The normalized spacial score (nSPS) is 19.2. The van der Waals surface area contributed by atoms with Gasteiger partial charge in [0.05, 0.1) is 10.6 Å². The number of anilines is 1. The van der Waals surface area contributed by atoms with Crippen LogP contribution in [0.5, 0.6) is 0 Å². The Morgan fingerprint density at radius 2 is 2.08 bits per heavy atom. The minimum atomic E-state index is -0.104. The minimum Gasteiger partial charge on any atom is -0.338 e. The van der Waals surface area contributed by atoms with Crippen LogP contribution in [-0.2, 0) is 4.79 Å². The average Bonchev–Trinajstić information content (AvgIpc) is 2.54. The fraction of sp³-hybridized carbons (Fsp3) is 0.600. The highest BCUT2D eigenvalue weighted by Crippen LogP contribution is 2.26. The first-order chi connectivity index (χ1) is 12.1. The van der Waals surface area contributed by atoms with Crippen molar-refractivity contribution in [2.24, 2.45) is 17.1 Å². The first-order valence-corrected chi connectivity index (χ1v) is 9.59. The standard InChI is InChI=1S/C20H30ClN3O2/c1-13(22)14-6-5-9-24(12-14)19(26)16-10-15(7-8-17(16)21)23-18(25)11-20(2,3)4/h7-8,10,13-14H,5-6,9,11-12,22H2,1-4H3,(H,23,25). The number of amides is 2. The number of halogens is 1. The summed E-state index contributed by atoms with van der Waals surface area (Å²) in [5.74, 6) is 0.127. The molecule has 1 aromatic rings. The van der Waals surface area contributed by atoms with Crippen molar-refractivity contribution >= 4 is 29.1 Å². The SMILES string of the molecule is CC(N)C1CCCN(C(=O)c2cc(NC(=O)CC(C)(C)C)ccc2Cl)C1. The molecule has 6 heteroatoms. The Hall–Kier alpha value is -1.59. The van der Waals surface area contributed by atoms with Gasteiger partial charge in [0.2, 0.25) is 5.91 Å². The summed E-state index contributed by atoms with van der Waals surface area (Å²) in [5.41, 5.74) is 6.93. The van der Waals surface area contributed by atoms with E-state index in [0.717, 1.165) is 12.8 Å². The van der Waals surface area contributed by atoms with Crippen molar-refractivity contribution in [3.05, 3.63) is 28.8 Å². The van der Waals surface area contributed by atoms with E-state index in [2.05, 4.69) is 5.32 Å². The molecule has 2 atom stereocenters. The van der Waals surface area contributed by atoms with Gasteiger partial charge in [-0.25, -0.2) is 0 Å². The predicted molar refractivity (Wildman–Crippen MR) is 106 cm³/mol. The van der Waals surface area contributed by atoms with Crippen LogP contribution >= 0.6 is 11.6 Å². The van der Waals surface area contributed by atoms with Crippen LogP contribution in [0.25, 0.3) is 0 Å². The van der Waals surface area contributed by atoms with E-state index in [-0.39, 0.29) is 23.3 Å². The topological polar surface area (TPSA) is 75.4 Å². The highest BCUT2D eigenvalue weighted by molar-refractivity contribution is 6.34. The molecular weight excluding hydrogens is 350 g/mol. The maximum absolute atomic E-state index is 12.9. The first-order valence-electron chi connectivity index (χ1n) is 9.21. The Balaban J connectivity index is 2.13. The molecule has 2 amide bonds. The van der Waals surface area contributed by atoms with Crippen LogP contribution in [0.4, 0.5) is 5.69 Å². The lowest BCUT2D eigenvalue weighted by molar-refractivity contribution is -0.117. The van der Waals surface area contributed by atoms with E-state index in [1.165, 1.54) is 0 Å². The summed E-state index contributed by atoms with van der Waals surface area (Å²) < 4.78 is 0. The van der Waals surface area contributed by atoms with Crippen molar-refractivity contribution in [2.75, 3.05) is 18.4 Å². The van der Waals surface area contributed by atoms with E-state index in [1.807, 2.05) is 32.6 Å². The van der Waals surface area contributed by atoms with Crippen molar-refractivity contribution in [1.29, 1.82) is 0 Å². The molecule has 1 fully saturated rings. The Morgan fingerprint density at radius 1 is 1.38 bits per heavy atom. The monoisotopic (exact) mass is 379 g/mol. The summed E-state index contributed by atoms with van der Waals surface area (Å²) in [6.45, 7) is 9.36. The van der Waals surface area contributed by atoms with Crippen LogP contribution in [-0.4, -0.2) is 35.8 Å². The van der Waals surface area contributed by atoms with Gasteiger partial charge in [-0.05, 0) is 49.3 Å². The smallest absolute Gasteiger partial charge is 0.255 e. The van der Waals surface area contributed by atoms with Gasteiger partial charge in [-0.2, -0.15) is 0 Å². The second-order valence-corrected chi connectivity index (χ2v) is 8.90. The number of nitrogens with two attached hydrogens (primary N) is 1. The molecule has 1 heterocycles. The van der Waals surface area contributed by atoms with Gasteiger partial charge >= 0.3 is 0 Å². The Bertz CT molecular complexity index is 668. The fourth-order valence-electron chi connectivity index (χ4n) is 3.25. The van der Waals surface area contributed by atoms with Crippen LogP contribution in [0, 0.1) is 11.3 Å². The van der Waals surface area contributed by atoms with Gasteiger partial charge in [-0.15, -0.1) is 0 Å². The molecule has 0 spiro atoms. The Labute approximate surface area is 161 Å². The third-order valence-electron chi connectivity index (χ3n) is 4.66. The van der Waals surface area contributed by atoms with E-state index in [1.54, 1.807) is 18.2 Å². The van der Waals surface area contributed by atoms with E-state index >= 15 is 0 Å². The van der Waals surface area contributed by atoms with Crippen molar-refractivity contribution in [1.82, 2.24) is 4.90 Å². The van der Waals surface area contributed by atoms with Gasteiger partial charge < -0.3 is 16.0 Å². The van der Waals surface area contributed by atoms with Crippen molar-refractivity contribution < 1.29 is 9.59 Å². The molecule has 0 bridgehead atoms. The summed E-state index contributed by atoms with van der Waals surface area (Å²) in [4.78, 5) is 26.9. The van der Waals surface area contributed by atoms with Gasteiger partial charge in [0.1, 0.15) is 0 Å². The van der Waals surface area contributed by atoms with Gasteiger partial charge in [-0.3, -0.25) is 9.59 Å². The number of rotatable bonds is 4. The minimum absolute atomic E-state index is 0.0593. The lowest BCUT2D eigenvalue weighted by Crippen LogP contribution is -2.45. The fourth-order valence-corrected chi connectivity index (χ4v) is 3.45. The molecule has 26 heavy (non-hydrogen) atoms. The molecule has 0 aromatic heterocycles. The van der Waals surface area contributed by atoms with E-state index in [0.29, 0.717) is 41.7 Å². The zero-order valence-electron chi connectivity index (χ0n) is 16.1. The highest BCUT2D eigenvalue weighted by atomic mass is 35.5. The molecule has 1 aliphatic heterocycles. The number of nitrogens with zero attached hydrogens (tertiary/aromatic N) is 1. The second-order valence-electron chi connectivity index (χ2n) is 8.49. The number of carbonyl (C=O) groups excluding carboxylic acids is 2. The lowest BCUT2D eigenvalue weighted by atomic mass is 9.91. The lowest BCUT2D eigenvalue weighted by Gasteiger charge is -2.34. The molecule has 144 valence electrons. The van der Waals surface area contributed by atoms with Crippen LogP contribution in [0.2, 0.25) is 5.02 Å². The van der Waals surface area contributed by atoms with Crippen molar-refractivity contribution in [3.8, 4) is 0 Å². The third kappa shape index (κ3) is 5.71. The summed E-state index contributed by atoms with van der Waals surface area (Å²) in [7, 11) is 0. The van der Waals surface area contributed by atoms with Crippen molar-refractivity contribution in [3.63, 3.8) is 0 Å². The number of carbonyl (C=O) groups is 2. The molecule has 1 aromatic carbocycles. The van der Waals surface area contributed by atoms with Gasteiger partial charge in [-0.1, -0.05) is 32.4 Å². The number of piperidine rings is 1. The molecule has 0 aliphatic carbocycles. The first kappa shape index (κ1) is 20.7. The van der Waals surface area contributed by atoms with Crippen LogP contribution in [0.3, 0.4) is 0 Å². The predicted octanol–water partition coefficient (Wildman–Crippen LogP) is 3.91. The zero-order chi connectivity index (χ0) is 19.5. The van der Waals surface area contributed by atoms with Crippen LogP contribution < -0.4 is 11.1 Å². The largest absolute Gasteiger partial charge is 0.338 e. The number of hydrogen-bond donors (Lipinski definition) is 2. The Kier molecular flexibility index (Phi) is 6.69. The quantitative estimate of drug-likeness (QED) is 0.832. The summed E-state index contributed by atoms with van der Waals surface area (Å²) in [5, 5.41) is 3.26. The molecular formula is C20H30ClN3O2. The van der Waals surface area contributed by atoms with Gasteiger partial charge in [0.25, 0.3) is 5.91 Å². The van der Waals surface area contributed by atoms with Crippen LogP contribution in [0.1, 0.15) is 57.3 Å². The van der Waals surface area contributed by atoms with E-state index in [4.69, 9.17) is 17.3 Å². The maximum atomic E-state index is 12.9. The number of likely N-dealkylation sites (tertiary alicyclic amines) is 1. The maximum Gasteiger partial charge on any atom is 0.255 e. The van der Waals surface area contributed by atoms with E-state index < -0.39 is 0 Å². The summed E-state index contributed by atoms with van der Waals surface area (Å²) >= 11 is 6.27. The molecule has 2 rings (SSSR count). The van der Waals surface area contributed by atoms with Crippen molar-refractivity contribution in [2.45, 2.75) is 53.0 Å². The number of nitrogens with one attached hydrogen (secondary N) is 1. The number of benzene rings is 1. The molecule has 5 nitrogen and oxygen atoms in total. The molecule has 0 radical (unpaired) electrons. The second kappa shape index (κ2) is 8.40. The zero-order valence-corrected chi connectivity index (χ0v) is 16.9. The van der Waals surface area contributed by atoms with Gasteiger partial charge in [0, 0.05) is 31.2 Å². The molecule has 0 saturated carbocycles. The summed E-state index contributed by atoms with van der Waals surface area (Å²) in [6.07, 6.45) is 2.39.